The lowest BCUT2D eigenvalue weighted by atomic mass is 10.2. The standard InChI is InChI=1S/C8H16N2O4S/c1-2-7-8(12)9-3-4-10(7)15(13,14)6-5-11/h7,11H,2-6H2,1H3,(H,9,12). The molecule has 1 heterocycles. The predicted octanol–water partition coefficient (Wildman–Crippen LogP) is -1.48. The summed E-state index contributed by atoms with van der Waals surface area (Å²) >= 11 is 0. The van der Waals surface area contributed by atoms with Gasteiger partial charge >= 0.3 is 0 Å². The molecule has 1 unspecified atom stereocenters. The van der Waals surface area contributed by atoms with Crippen molar-refractivity contribution < 1.29 is 18.3 Å². The monoisotopic (exact) mass is 236 g/mol. The molecule has 1 aliphatic heterocycles. The van der Waals surface area contributed by atoms with Crippen LogP contribution in [0, 0.1) is 0 Å². The molecule has 1 rings (SSSR count). The molecule has 1 aliphatic rings. The van der Waals surface area contributed by atoms with Crippen LogP contribution in [0.5, 0.6) is 0 Å². The lowest BCUT2D eigenvalue weighted by molar-refractivity contribution is -0.126. The summed E-state index contributed by atoms with van der Waals surface area (Å²) in [6.07, 6.45) is 0.441. The van der Waals surface area contributed by atoms with Crippen LogP contribution in [0.4, 0.5) is 0 Å². The molecule has 0 aromatic heterocycles. The number of amides is 1. The number of hydrogen-bond acceptors (Lipinski definition) is 4. The smallest absolute Gasteiger partial charge is 0.238 e. The number of piperazine rings is 1. The summed E-state index contributed by atoms with van der Waals surface area (Å²) < 4.78 is 24.6. The lowest BCUT2D eigenvalue weighted by Crippen LogP contribution is -2.57. The van der Waals surface area contributed by atoms with Crippen LogP contribution >= 0.6 is 0 Å². The normalized spacial score (nSPS) is 23.9. The topological polar surface area (TPSA) is 86.7 Å². The maximum atomic E-state index is 11.7. The van der Waals surface area contributed by atoms with Crippen LogP contribution in [0.15, 0.2) is 0 Å². The molecule has 0 aromatic rings. The van der Waals surface area contributed by atoms with Gasteiger partial charge in [0, 0.05) is 13.1 Å². The first-order chi connectivity index (χ1) is 7.03. The van der Waals surface area contributed by atoms with Crippen LogP contribution in [-0.4, -0.2) is 55.2 Å². The summed E-state index contributed by atoms with van der Waals surface area (Å²) in [7, 11) is -3.51. The van der Waals surface area contributed by atoms with Crippen molar-refractivity contribution in [3.8, 4) is 0 Å². The third-order valence-electron chi connectivity index (χ3n) is 2.37. The molecule has 1 atom stereocenters. The molecule has 0 bridgehead atoms. The Hall–Kier alpha value is -0.660. The number of nitrogens with one attached hydrogen (secondary N) is 1. The van der Waals surface area contributed by atoms with Crippen LogP contribution in [0.25, 0.3) is 0 Å². The van der Waals surface area contributed by atoms with Gasteiger partial charge in [-0.3, -0.25) is 4.79 Å². The molecule has 1 fully saturated rings. The van der Waals surface area contributed by atoms with Crippen molar-refractivity contribution in [3.63, 3.8) is 0 Å². The second-order valence-corrected chi connectivity index (χ2v) is 5.41. The lowest BCUT2D eigenvalue weighted by Gasteiger charge is -2.33. The fourth-order valence-electron chi connectivity index (χ4n) is 1.65. The molecule has 0 radical (unpaired) electrons. The van der Waals surface area contributed by atoms with Gasteiger partial charge in [0.05, 0.1) is 12.4 Å². The molecule has 88 valence electrons. The third kappa shape index (κ3) is 2.67. The van der Waals surface area contributed by atoms with Crippen molar-refractivity contribution in [2.75, 3.05) is 25.4 Å². The second kappa shape index (κ2) is 4.91. The van der Waals surface area contributed by atoms with Crippen molar-refractivity contribution in [2.24, 2.45) is 0 Å². The van der Waals surface area contributed by atoms with E-state index in [1.165, 1.54) is 4.31 Å². The predicted molar refractivity (Wildman–Crippen MR) is 54.7 cm³/mol. The number of carbonyl (C=O) groups excluding carboxylic acids is 1. The Morgan fingerprint density at radius 2 is 2.27 bits per heavy atom. The fraction of sp³-hybridized carbons (Fsp3) is 0.875. The van der Waals surface area contributed by atoms with Crippen LogP contribution in [0.2, 0.25) is 0 Å². The molecule has 1 amide bonds. The Bertz CT molecular complexity index is 328. The highest BCUT2D eigenvalue weighted by atomic mass is 32.2. The van der Waals surface area contributed by atoms with Crippen molar-refractivity contribution >= 4 is 15.9 Å². The number of aliphatic hydroxyl groups is 1. The zero-order valence-corrected chi connectivity index (χ0v) is 9.46. The Kier molecular flexibility index (Phi) is 4.06. The number of sulfonamides is 1. The van der Waals surface area contributed by atoms with Gasteiger partial charge in [-0.25, -0.2) is 8.42 Å². The molecular formula is C8H16N2O4S. The molecule has 15 heavy (non-hydrogen) atoms. The van der Waals surface area contributed by atoms with E-state index < -0.39 is 22.7 Å². The average molecular weight is 236 g/mol. The van der Waals surface area contributed by atoms with E-state index in [1.807, 2.05) is 0 Å². The second-order valence-electron chi connectivity index (χ2n) is 3.37. The minimum absolute atomic E-state index is 0.259. The van der Waals surface area contributed by atoms with E-state index >= 15 is 0 Å². The summed E-state index contributed by atoms with van der Waals surface area (Å²) in [5, 5.41) is 11.3. The zero-order chi connectivity index (χ0) is 11.5. The maximum absolute atomic E-state index is 11.7. The first-order valence-electron chi connectivity index (χ1n) is 4.91. The van der Waals surface area contributed by atoms with Crippen LogP contribution in [0.3, 0.4) is 0 Å². The number of nitrogens with zero attached hydrogens (tertiary/aromatic N) is 1. The van der Waals surface area contributed by atoms with E-state index in [0.29, 0.717) is 13.0 Å². The molecule has 1 saturated heterocycles. The van der Waals surface area contributed by atoms with Gasteiger partial charge in [-0.2, -0.15) is 4.31 Å². The van der Waals surface area contributed by atoms with E-state index in [-0.39, 0.29) is 18.2 Å². The largest absolute Gasteiger partial charge is 0.395 e. The van der Waals surface area contributed by atoms with Gasteiger partial charge < -0.3 is 10.4 Å². The van der Waals surface area contributed by atoms with E-state index in [2.05, 4.69) is 5.32 Å². The summed E-state index contributed by atoms with van der Waals surface area (Å²) in [6.45, 7) is 1.96. The minimum atomic E-state index is -3.51. The minimum Gasteiger partial charge on any atom is -0.395 e. The van der Waals surface area contributed by atoms with Crippen molar-refractivity contribution in [1.29, 1.82) is 0 Å². The van der Waals surface area contributed by atoms with Gasteiger partial charge in [-0.05, 0) is 6.42 Å². The Morgan fingerprint density at radius 1 is 1.60 bits per heavy atom. The van der Waals surface area contributed by atoms with E-state index in [0.717, 1.165) is 0 Å². The van der Waals surface area contributed by atoms with Crippen molar-refractivity contribution in [1.82, 2.24) is 9.62 Å². The average Bonchev–Trinajstić information content (AvgIpc) is 2.17. The van der Waals surface area contributed by atoms with Gasteiger partial charge in [-0.15, -0.1) is 0 Å². The molecule has 0 spiro atoms. The van der Waals surface area contributed by atoms with Gasteiger partial charge in [-0.1, -0.05) is 6.92 Å². The molecular weight excluding hydrogens is 220 g/mol. The molecule has 0 aromatic carbocycles. The fourth-order valence-corrected chi connectivity index (χ4v) is 3.12. The quantitative estimate of drug-likeness (QED) is 0.623. The van der Waals surface area contributed by atoms with E-state index in [9.17, 15) is 13.2 Å². The number of rotatable bonds is 4. The highest BCUT2D eigenvalue weighted by Crippen LogP contribution is 2.13. The van der Waals surface area contributed by atoms with Crippen LogP contribution in [0.1, 0.15) is 13.3 Å². The van der Waals surface area contributed by atoms with E-state index in [4.69, 9.17) is 5.11 Å². The summed E-state index contributed by atoms with van der Waals surface area (Å²) in [5.41, 5.74) is 0. The van der Waals surface area contributed by atoms with Gasteiger partial charge in [0.15, 0.2) is 0 Å². The first kappa shape index (κ1) is 12.4. The van der Waals surface area contributed by atoms with Crippen LogP contribution in [-0.2, 0) is 14.8 Å². The molecule has 6 nitrogen and oxygen atoms in total. The number of aliphatic hydroxyl groups excluding tert-OH is 1. The third-order valence-corrected chi connectivity index (χ3v) is 4.23. The Balaban J connectivity index is 2.87. The van der Waals surface area contributed by atoms with Gasteiger partial charge in [0.25, 0.3) is 0 Å². The number of carbonyl (C=O) groups is 1. The molecule has 0 aliphatic carbocycles. The summed E-state index contributed by atoms with van der Waals surface area (Å²) in [5.74, 6) is -0.582. The molecule has 0 saturated carbocycles. The van der Waals surface area contributed by atoms with Crippen LogP contribution < -0.4 is 5.32 Å². The van der Waals surface area contributed by atoms with Gasteiger partial charge in [0.1, 0.15) is 6.04 Å². The van der Waals surface area contributed by atoms with Crippen molar-refractivity contribution in [3.05, 3.63) is 0 Å². The first-order valence-corrected chi connectivity index (χ1v) is 6.52. The highest BCUT2D eigenvalue weighted by molar-refractivity contribution is 7.89. The molecule has 2 N–H and O–H groups in total. The maximum Gasteiger partial charge on any atom is 0.238 e. The highest BCUT2D eigenvalue weighted by Gasteiger charge is 2.35. The zero-order valence-electron chi connectivity index (χ0n) is 8.64. The van der Waals surface area contributed by atoms with Gasteiger partial charge in [0.2, 0.25) is 15.9 Å². The Morgan fingerprint density at radius 3 is 2.80 bits per heavy atom. The Labute approximate surface area is 89.3 Å². The number of hydrogen-bond donors (Lipinski definition) is 2. The van der Waals surface area contributed by atoms with E-state index in [1.54, 1.807) is 6.92 Å². The molecule has 7 heteroatoms. The summed E-state index contributed by atoms with van der Waals surface area (Å²) in [4.78, 5) is 11.4. The van der Waals surface area contributed by atoms with Crippen molar-refractivity contribution in [2.45, 2.75) is 19.4 Å². The SMILES string of the molecule is CCC1C(=O)NCCN1S(=O)(=O)CCO. The summed E-state index contributed by atoms with van der Waals surface area (Å²) in [6, 6.07) is -0.629.